The topological polar surface area (TPSA) is 18.5 Å². The van der Waals surface area contributed by atoms with Crippen LogP contribution in [-0.2, 0) is 9.47 Å². The van der Waals surface area contributed by atoms with E-state index in [2.05, 4.69) is 0 Å². The predicted octanol–water partition coefficient (Wildman–Crippen LogP) is 5.50. The van der Waals surface area contributed by atoms with Gasteiger partial charge in [0.1, 0.15) is 5.82 Å². The molecule has 3 rings (SSSR count). The number of hydrogen-bond acceptors (Lipinski definition) is 2. The minimum atomic E-state index is -4.15. The van der Waals surface area contributed by atoms with Crippen LogP contribution in [0.2, 0.25) is 0 Å². The van der Waals surface area contributed by atoms with E-state index in [9.17, 15) is 17.6 Å². The van der Waals surface area contributed by atoms with Crippen molar-refractivity contribution in [2.24, 2.45) is 5.92 Å². The van der Waals surface area contributed by atoms with E-state index in [0.717, 1.165) is 16.7 Å². The standard InChI is InChI=1S/C19H18F4O2/c20-17-7-5-15(6-8-17)14-1-3-16(4-2-14)18-24-11-13(12-25-18)9-10-19(21,22)23/h1-8,13,18H,9-12H2. The summed E-state index contributed by atoms with van der Waals surface area (Å²) in [6, 6.07) is 13.6. The van der Waals surface area contributed by atoms with Crippen molar-refractivity contribution in [1.82, 2.24) is 0 Å². The molecule has 1 aliphatic rings. The average Bonchev–Trinajstić information content (AvgIpc) is 2.61. The molecule has 25 heavy (non-hydrogen) atoms. The summed E-state index contributed by atoms with van der Waals surface area (Å²) in [4.78, 5) is 0. The number of ether oxygens (including phenoxy) is 2. The number of alkyl halides is 3. The zero-order valence-electron chi connectivity index (χ0n) is 13.4. The number of hydrogen-bond donors (Lipinski definition) is 0. The lowest BCUT2D eigenvalue weighted by molar-refractivity contribution is -0.211. The van der Waals surface area contributed by atoms with Crippen LogP contribution < -0.4 is 0 Å². The Kier molecular flexibility index (Phi) is 5.39. The summed E-state index contributed by atoms with van der Waals surface area (Å²) in [7, 11) is 0. The van der Waals surface area contributed by atoms with Crippen molar-refractivity contribution in [3.63, 3.8) is 0 Å². The molecule has 2 aromatic rings. The van der Waals surface area contributed by atoms with E-state index in [1.807, 2.05) is 24.3 Å². The smallest absolute Gasteiger partial charge is 0.348 e. The van der Waals surface area contributed by atoms with Crippen LogP contribution in [0, 0.1) is 11.7 Å². The summed E-state index contributed by atoms with van der Waals surface area (Å²) in [5.41, 5.74) is 2.63. The van der Waals surface area contributed by atoms with Crippen molar-refractivity contribution in [3.05, 3.63) is 59.9 Å². The second-order valence-electron chi connectivity index (χ2n) is 6.15. The molecule has 1 fully saturated rings. The summed E-state index contributed by atoms with van der Waals surface area (Å²) in [5.74, 6) is -0.527. The normalized spacial score (nSPS) is 21.3. The lowest BCUT2D eigenvalue weighted by Gasteiger charge is -2.30. The SMILES string of the molecule is Fc1ccc(-c2ccc(C3OCC(CCC(F)(F)F)CO3)cc2)cc1. The second kappa shape index (κ2) is 7.54. The molecular formula is C19H18F4O2. The molecule has 0 unspecified atom stereocenters. The van der Waals surface area contributed by atoms with Crippen molar-refractivity contribution in [3.8, 4) is 11.1 Å². The molecule has 1 aliphatic heterocycles. The molecule has 0 N–H and O–H groups in total. The Bertz CT molecular complexity index is 672. The fourth-order valence-electron chi connectivity index (χ4n) is 2.75. The van der Waals surface area contributed by atoms with E-state index in [1.54, 1.807) is 12.1 Å². The van der Waals surface area contributed by atoms with E-state index in [-0.39, 0.29) is 31.4 Å². The van der Waals surface area contributed by atoms with Gasteiger partial charge in [0.15, 0.2) is 6.29 Å². The van der Waals surface area contributed by atoms with Gasteiger partial charge in [0, 0.05) is 17.9 Å². The third-order valence-corrected chi connectivity index (χ3v) is 4.16. The third-order valence-electron chi connectivity index (χ3n) is 4.16. The van der Waals surface area contributed by atoms with Crippen molar-refractivity contribution in [2.75, 3.05) is 13.2 Å². The molecule has 1 heterocycles. The zero-order valence-corrected chi connectivity index (χ0v) is 13.4. The number of halogens is 4. The summed E-state index contributed by atoms with van der Waals surface area (Å²) in [6.45, 7) is 0.501. The quantitative estimate of drug-likeness (QED) is 0.675. The minimum absolute atomic E-state index is 0.0136. The monoisotopic (exact) mass is 354 g/mol. The first kappa shape index (κ1) is 17.9. The first-order valence-electron chi connectivity index (χ1n) is 8.06. The first-order valence-corrected chi connectivity index (χ1v) is 8.06. The highest BCUT2D eigenvalue weighted by molar-refractivity contribution is 5.63. The maximum Gasteiger partial charge on any atom is 0.389 e. The fraction of sp³-hybridized carbons (Fsp3) is 0.368. The van der Waals surface area contributed by atoms with Gasteiger partial charge in [-0.1, -0.05) is 36.4 Å². The van der Waals surface area contributed by atoms with Gasteiger partial charge in [-0.05, 0) is 29.7 Å². The molecule has 0 bridgehead atoms. The third kappa shape index (κ3) is 5.03. The van der Waals surface area contributed by atoms with Gasteiger partial charge in [-0.15, -0.1) is 0 Å². The average molecular weight is 354 g/mol. The number of benzene rings is 2. The Morgan fingerprint density at radius 1 is 0.840 bits per heavy atom. The molecule has 0 atom stereocenters. The Balaban J connectivity index is 1.56. The maximum absolute atomic E-state index is 13.0. The van der Waals surface area contributed by atoms with Crippen LogP contribution in [0.15, 0.2) is 48.5 Å². The molecule has 0 saturated carbocycles. The van der Waals surface area contributed by atoms with E-state index in [1.165, 1.54) is 12.1 Å². The van der Waals surface area contributed by atoms with Crippen LogP contribution in [0.5, 0.6) is 0 Å². The summed E-state index contributed by atoms with van der Waals surface area (Å²) in [5, 5.41) is 0. The zero-order chi connectivity index (χ0) is 17.9. The van der Waals surface area contributed by atoms with Crippen molar-refractivity contribution < 1.29 is 27.0 Å². The van der Waals surface area contributed by atoms with Crippen molar-refractivity contribution in [2.45, 2.75) is 25.3 Å². The summed E-state index contributed by atoms with van der Waals surface area (Å²) >= 11 is 0. The van der Waals surface area contributed by atoms with Gasteiger partial charge >= 0.3 is 6.18 Å². The molecule has 1 saturated heterocycles. The molecule has 2 aromatic carbocycles. The molecule has 0 amide bonds. The molecule has 2 nitrogen and oxygen atoms in total. The number of rotatable bonds is 4. The van der Waals surface area contributed by atoms with Crippen LogP contribution in [0.4, 0.5) is 17.6 Å². The van der Waals surface area contributed by atoms with Gasteiger partial charge in [-0.3, -0.25) is 0 Å². The highest BCUT2D eigenvalue weighted by Crippen LogP contribution is 2.31. The summed E-state index contributed by atoms with van der Waals surface area (Å²) in [6.07, 6.45) is -5.52. The minimum Gasteiger partial charge on any atom is -0.348 e. The second-order valence-corrected chi connectivity index (χ2v) is 6.15. The van der Waals surface area contributed by atoms with Gasteiger partial charge in [-0.2, -0.15) is 13.2 Å². The van der Waals surface area contributed by atoms with Crippen LogP contribution in [-0.4, -0.2) is 19.4 Å². The largest absolute Gasteiger partial charge is 0.389 e. The maximum atomic E-state index is 13.0. The van der Waals surface area contributed by atoms with Crippen molar-refractivity contribution >= 4 is 0 Å². The Morgan fingerprint density at radius 3 is 1.88 bits per heavy atom. The van der Waals surface area contributed by atoms with Gasteiger partial charge in [0.05, 0.1) is 13.2 Å². The highest BCUT2D eigenvalue weighted by atomic mass is 19.4. The fourth-order valence-corrected chi connectivity index (χ4v) is 2.75. The van der Waals surface area contributed by atoms with Gasteiger partial charge in [-0.25, -0.2) is 4.39 Å². The predicted molar refractivity (Wildman–Crippen MR) is 85.3 cm³/mol. The Hall–Kier alpha value is -1.92. The first-order chi connectivity index (χ1) is 11.9. The van der Waals surface area contributed by atoms with E-state index < -0.39 is 18.9 Å². The van der Waals surface area contributed by atoms with Crippen LogP contribution in [0.3, 0.4) is 0 Å². The van der Waals surface area contributed by atoms with E-state index in [0.29, 0.717) is 0 Å². The Labute approximate surface area is 143 Å². The molecule has 0 spiro atoms. The van der Waals surface area contributed by atoms with E-state index in [4.69, 9.17) is 9.47 Å². The van der Waals surface area contributed by atoms with Crippen LogP contribution in [0.25, 0.3) is 11.1 Å². The highest BCUT2D eigenvalue weighted by Gasteiger charge is 2.30. The van der Waals surface area contributed by atoms with Gasteiger partial charge in [0.25, 0.3) is 0 Å². The van der Waals surface area contributed by atoms with Crippen molar-refractivity contribution in [1.29, 1.82) is 0 Å². The lowest BCUT2D eigenvalue weighted by Crippen LogP contribution is -2.28. The van der Waals surface area contributed by atoms with Gasteiger partial charge in [0.2, 0.25) is 0 Å². The summed E-state index contributed by atoms with van der Waals surface area (Å²) < 4.78 is 60.8. The Morgan fingerprint density at radius 2 is 1.36 bits per heavy atom. The molecule has 134 valence electrons. The molecule has 6 heteroatoms. The molecule has 0 radical (unpaired) electrons. The van der Waals surface area contributed by atoms with E-state index >= 15 is 0 Å². The van der Waals surface area contributed by atoms with Gasteiger partial charge < -0.3 is 9.47 Å². The molecule has 0 aromatic heterocycles. The molecular weight excluding hydrogens is 336 g/mol. The van der Waals surface area contributed by atoms with Crippen LogP contribution in [0.1, 0.15) is 24.7 Å². The molecule has 0 aliphatic carbocycles. The lowest BCUT2D eigenvalue weighted by atomic mass is 10.0. The van der Waals surface area contributed by atoms with Crippen LogP contribution >= 0.6 is 0 Å².